The second-order valence-corrected chi connectivity index (χ2v) is 5.49. The van der Waals surface area contributed by atoms with Crippen molar-refractivity contribution in [2.75, 3.05) is 32.8 Å². The Kier molecular flexibility index (Phi) is 4.79. The van der Waals surface area contributed by atoms with E-state index in [1.54, 1.807) is 0 Å². The minimum atomic E-state index is 0.646. The quantitative estimate of drug-likeness (QED) is 0.810. The standard InChI is InChI=1S/C16H25NO/c1-13-4-5-16(12-15(13)3)14(2)6-7-17-8-10-18-11-9-17/h4-5,12,14H,6-11H2,1-3H3. The molecule has 1 aliphatic rings. The minimum absolute atomic E-state index is 0.646. The van der Waals surface area contributed by atoms with E-state index in [0.717, 1.165) is 26.3 Å². The van der Waals surface area contributed by atoms with Gasteiger partial charge >= 0.3 is 0 Å². The van der Waals surface area contributed by atoms with Crippen molar-refractivity contribution in [3.63, 3.8) is 0 Å². The Morgan fingerprint density at radius 2 is 1.89 bits per heavy atom. The van der Waals surface area contributed by atoms with E-state index in [0.29, 0.717) is 5.92 Å². The predicted molar refractivity (Wildman–Crippen MR) is 76.2 cm³/mol. The molecule has 0 bridgehead atoms. The van der Waals surface area contributed by atoms with Gasteiger partial charge in [-0.15, -0.1) is 0 Å². The molecule has 1 aromatic rings. The Balaban J connectivity index is 1.86. The van der Waals surface area contributed by atoms with Gasteiger partial charge in [-0.05, 0) is 49.4 Å². The van der Waals surface area contributed by atoms with Crippen molar-refractivity contribution in [2.24, 2.45) is 0 Å². The molecule has 1 saturated heterocycles. The molecule has 0 aliphatic carbocycles. The number of hydrogen-bond acceptors (Lipinski definition) is 2. The SMILES string of the molecule is Cc1ccc(C(C)CCN2CCOCC2)cc1C. The van der Waals surface area contributed by atoms with Crippen LogP contribution in [0, 0.1) is 13.8 Å². The fraction of sp³-hybridized carbons (Fsp3) is 0.625. The van der Waals surface area contributed by atoms with Crippen molar-refractivity contribution in [2.45, 2.75) is 33.1 Å². The Labute approximate surface area is 111 Å². The summed E-state index contributed by atoms with van der Waals surface area (Å²) in [6.07, 6.45) is 1.24. The number of morpholine rings is 1. The molecule has 1 atom stereocenters. The highest BCUT2D eigenvalue weighted by molar-refractivity contribution is 5.31. The van der Waals surface area contributed by atoms with Gasteiger partial charge in [-0.3, -0.25) is 4.90 Å². The first-order valence-corrected chi connectivity index (χ1v) is 7.04. The highest BCUT2D eigenvalue weighted by Crippen LogP contribution is 2.22. The van der Waals surface area contributed by atoms with E-state index in [1.165, 1.54) is 29.7 Å². The second-order valence-electron chi connectivity index (χ2n) is 5.49. The van der Waals surface area contributed by atoms with Gasteiger partial charge in [0.2, 0.25) is 0 Å². The third-order valence-corrected chi connectivity index (χ3v) is 4.08. The van der Waals surface area contributed by atoms with Crippen LogP contribution in [-0.4, -0.2) is 37.7 Å². The van der Waals surface area contributed by atoms with Gasteiger partial charge in [-0.1, -0.05) is 25.1 Å². The molecule has 1 fully saturated rings. The van der Waals surface area contributed by atoms with Crippen LogP contribution < -0.4 is 0 Å². The van der Waals surface area contributed by atoms with Gasteiger partial charge < -0.3 is 4.74 Å². The van der Waals surface area contributed by atoms with Crippen LogP contribution in [0.5, 0.6) is 0 Å². The topological polar surface area (TPSA) is 12.5 Å². The molecule has 0 saturated carbocycles. The van der Waals surface area contributed by atoms with E-state index >= 15 is 0 Å². The summed E-state index contributed by atoms with van der Waals surface area (Å²) in [6.45, 7) is 11.9. The van der Waals surface area contributed by atoms with Gasteiger partial charge in [0.15, 0.2) is 0 Å². The van der Waals surface area contributed by atoms with Crippen LogP contribution in [0.15, 0.2) is 18.2 Å². The van der Waals surface area contributed by atoms with Crippen molar-refractivity contribution >= 4 is 0 Å². The third-order valence-electron chi connectivity index (χ3n) is 4.08. The maximum absolute atomic E-state index is 5.38. The van der Waals surface area contributed by atoms with Crippen molar-refractivity contribution in [3.05, 3.63) is 34.9 Å². The molecule has 0 radical (unpaired) electrons. The number of benzene rings is 1. The lowest BCUT2D eigenvalue weighted by atomic mass is 9.94. The average Bonchev–Trinajstić information content (AvgIpc) is 2.40. The average molecular weight is 247 g/mol. The van der Waals surface area contributed by atoms with E-state index in [9.17, 15) is 0 Å². The number of nitrogens with zero attached hydrogens (tertiary/aromatic N) is 1. The molecule has 0 aromatic heterocycles. The summed E-state index contributed by atoms with van der Waals surface area (Å²) < 4.78 is 5.38. The zero-order valence-electron chi connectivity index (χ0n) is 11.9. The monoisotopic (exact) mass is 247 g/mol. The summed E-state index contributed by atoms with van der Waals surface area (Å²) in [4.78, 5) is 2.51. The van der Waals surface area contributed by atoms with E-state index in [1.807, 2.05) is 0 Å². The summed E-state index contributed by atoms with van der Waals surface area (Å²) in [5, 5.41) is 0. The largest absolute Gasteiger partial charge is 0.379 e. The fourth-order valence-electron chi connectivity index (χ4n) is 2.44. The van der Waals surface area contributed by atoms with Crippen molar-refractivity contribution in [3.8, 4) is 0 Å². The number of rotatable bonds is 4. The summed E-state index contributed by atoms with van der Waals surface area (Å²) in [7, 11) is 0. The van der Waals surface area contributed by atoms with Gasteiger partial charge in [-0.2, -0.15) is 0 Å². The third kappa shape index (κ3) is 3.56. The molecule has 2 rings (SSSR count). The molecule has 2 heteroatoms. The van der Waals surface area contributed by atoms with Gasteiger partial charge in [0.25, 0.3) is 0 Å². The molecule has 1 heterocycles. The molecule has 1 unspecified atom stereocenters. The van der Waals surface area contributed by atoms with Crippen LogP contribution in [-0.2, 0) is 4.74 Å². The van der Waals surface area contributed by atoms with Gasteiger partial charge in [0.05, 0.1) is 13.2 Å². The minimum Gasteiger partial charge on any atom is -0.379 e. The molecular formula is C16H25NO. The number of hydrogen-bond donors (Lipinski definition) is 0. The lowest BCUT2D eigenvalue weighted by Gasteiger charge is -2.27. The highest BCUT2D eigenvalue weighted by atomic mass is 16.5. The molecule has 0 spiro atoms. The van der Waals surface area contributed by atoms with Crippen LogP contribution in [0.2, 0.25) is 0 Å². The molecule has 1 aliphatic heterocycles. The first kappa shape index (κ1) is 13.6. The predicted octanol–water partition coefficient (Wildman–Crippen LogP) is 3.13. The lowest BCUT2D eigenvalue weighted by Crippen LogP contribution is -2.37. The van der Waals surface area contributed by atoms with Crippen molar-refractivity contribution < 1.29 is 4.74 Å². The Morgan fingerprint density at radius 1 is 1.17 bits per heavy atom. The van der Waals surface area contributed by atoms with Crippen LogP contribution in [0.3, 0.4) is 0 Å². The first-order chi connectivity index (χ1) is 8.66. The number of aryl methyl sites for hydroxylation is 2. The maximum atomic E-state index is 5.38. The first-order valence-electron chi connectivity index (χ1n) is 7.04. The van der Waals surface area contributed by atoms with Gasteiger partial charge in [-0.25, -0.2) is 0 Å². The van der Waals surface area contributed by atoms with Crippen LogP contribution in [0.1, 0.15) is 36.0 Å². The van der Waals surface area contributed by atoms with E-state index in [4.69, 9.17) is 4.74 Å². The van der Waals surface area contributed by atoms with E-state index in [-0.39, 0.29) is 0 Å². The lowest BCUT2D eigenvalue weighted by molar-refractivity contribution is 0.0367. The molecule has 2 nitrogen and oxygen atoms in total. The molecule has 1 aromatic carbocycles. The highest BCUT2D eigenvalue weighted by Gasteiger charge is 2.12. The molecular weight excluding hydrogens is 222 g/mol. The van der Waals surface area contributed by atoms with Crippen LogP contribution in [0.25, 0.3) is 0 Å². The summed E-state index contributed by atoms with van der Waals surface area (Å²) in [5.41, 5.74) is 4.27. The second kappa shape index (κ2) is 6.35. The zero-order chi connectivity index (χ0) is 13.0. The Bertz CT molecular complexity index is 383. The van der Waals surface area contributed by atoms with E-state index in [2.05, 4.69) is 43.9 Å². The van der Waals surface area contributed by atoms with Crippen LogP contribution in [0.4, 0.5) is 0 Å². The van der Waals surface area contributed by atoms with E-state index < -0.39 is 0 Å². The Morgan fingerprint density at radius 3 is 2.56 bits per heavy atom. The maximum Gasteiger partial charge on any atom is 0.0594 e. The number of ether oxygens (including phenoxy) is 1. The van der Waals surface area contributed by atoms with Crippen molar-refractivity contribution in [1.82, 2.24) is 4.90 Å². The van der Waals surface area contributed by atoms with Crippen molar-refractivity contribution in [1.29, 1.82) is 0 Å². The summed E-state index contributed by atoms with van der Waals surface area (Å²) in [6, 6.07) is 6.88. The normalized spacial score (nSPS) is 18.8. The van der Waals surface area contributed by atoms with Gasteiger partial charge in [0, 0.05) is 13.1 Å². The summed E-state index contributed by atoms with van der Waals surface area (Å²) in [5.74, 6) is 0.646. The molecule has 100 valence electrons. The molecule has 0 amide bonds. The molecule has 0 N–H and O–H groups in total. The summed E-state index contributed by atoms with van der Waals surface area (Å²) >= 11 is 0. The fourth-order valence-corrected chi connectivity index (χ4v) is 2.44. The smallest absolute Gasteiger partial charge is 0.0594 e. The Hall–Kier alpha value is -0.860. The zero-order valence-corrected chi connectivity index (χ0v) is 11.9. The van der Waals surface area contributed by atoms with Crippen LogP contribution >= 0.6 is 0 Å². The van der Waals surface area contributed by atoms with Gasteiger partial charge in [0.1, 0.15) is 0 Å². The molecule has 18 heavy (non-hydrogen) atoms.